The van der Waals surface area contributed by atoms with Crippen LogP contribution in [0.1, 0.15) is 35.5 Å². The Hall–Kier alpha value is -0.360. The van der Waals surface area contributed by atoms with Crippen LogP contribution in [0.4, 0.5) is 0 Å². The minimum absolute atomic E-state index is 0. The lowest BCUT2D eigenvalue weighted by Crippen LogP contribution is -2.34. The minimum Gasteiger partial charge on any atom is -0.320 e. The number of hydrogen-bond acceptors (Lipinski definition) is 4. The number of benzene rings is 1. The van der Waals surface area contributed by atoms with E-state index in [-0.39, 0.29) is 24.8 Å². The third kappa shape index (κ3) is 7.34. The molecule has 3 rings (SSSR count). The van der Waals surface area contributed by atoms with Gasteiger partial charge in [0.25, 0.3) is 0 Å². The van der Waals surface area contributed by atoms with Crippen molar-refractivity contribution in [2.24, 2.45) is 5.92 Å². The van der Waals surface area contributed by atoms with Crippen LogP contribution in [0.5, 0.6) is 0 Å². The normalized spacial score (nSPS) is 15.3. The van der Waals surface area contributed by atoms with Crippen molar-refractivity contribution in [2.45, 2.75) is 32.2 Å². The van der Waals surface area contributed by atoms with Crippen molar-refractivity contribution in [1.82, 2.24) is 15.2 Å². The van der Waals surface area contributed by atoms with Gasteiger partial charge in [-0.05, 0) is 69.6 Å². The molecule has 0 bridgehead atoms. The van der Waals surface area contributed by atoms with Gasteiger partial charge in [0.05, 0.1) is 10.7 Å². The summed E-state index contributed by atoms with van der Waals surface area (Å²) in [5.41, 5.74) is 2.49. The number of nitrogens with one attached hydrogen (secondary N) is 1. The molecule has 2 heterocycles. The molecule has 1 aromatic carbocycles. The van der Waals surface area contributed by atoms with Gasteiger partial charge in [-0.2, -0.15) is 0 Å². The van der Waals surface area contributed by atoms with Gasteiger partial charge in [0.1, 0.15) is 0 Å². The molecular formula is C19H28Cl3N3S. The molecule has 0 radical (unpaired) electrons. The number of halogens is 3. The maximum atomic E-state index is 5.94. The van der Waals surface area contributed by atoms with Crippen LogP contribution in [0.3, 0.4) is 0 Å². The molecule has 1 aromatic heterocycles. The SMILES string of the molecule is CNCCC1CCN(Cc2csc(Cc3ccc(Cl)cc3)n2)CC1.Cl.Cl. The van der Waals surface area contributed by atoms with E-state index >= 15 is 0 Å². The van der Waals surface area contributed by atoms with Crippen molar-refractivity contribution in [3.05, 3.63) is 50.9 Å². The largest absolute Gasteiger partial charge is 0.320 e. The fourth-order valence-corrected chi connectivity index (χ4v) is 4.24. The van der Waals surface area contributed by atoms with Gasteiger partial charge in [-0.25, -0.2) is 4.98 Å². The second-order valence-corrected chi connectivity index (χ2v) is 8.03. The van der Waals surface area contributed by atoms with Crippen LogP contribution in [0, 0.1) is 5.92 Å². The Bertz CT molecular complexity index is 625. The summed E-state index contributed by atoms with van der Waals surface area (Å²) in [6.45, 7) is 4.55. The summed E-state index contributed by atoms with van der Waals surface area (Å²) in [5, 5.41) is 7.46. The van der Waals surface area contributed by atoms with E-state index in [0.29, 0.717) is 0 Å². The maximum absolute atomic E-state index is 5.94. The molecule has 1 aliphatic rings. The summed E-state index contributed by atoms with van der Waals surface area (Å²) in [6.07, 6.45) is 4.85. The van der Waals surface area contributed by atoms with Crippen molar-refractivity contribution < 1.29 is 0 Å². The molecule has 1 fully saturated rings. The van der Waals surface area contributed by atoms with Gasteiger partial charge in [0, 0.05) is 23.4 Å². The average Bonchev–Trinajstić information content (AvgIpc) is 3.03. The van der Waals surface area contributed by atoms with Crippen molar-refractivity contribution in [2.75, 3.05) is 26.7 Å². The number of rotatable bonds is 7. The number of likely N-dealkylation sites (tertiary alicyclic amines) is 1. The molecule has 0 spiro atoms. The van der Waals surface area contributed by atoms with Crippen LogP contribution in [-0.4, -0.2) is 36.6 Å². The highest BCUT2D eigenvalue weighted by atomic mass is 35.5. The van der Waals surface area contributed by atoms with Crippen LogP contribution in [-0.2, 0) is 13.0 Å². The molecule has 1 N–H and O–H groups in total. The Labute approximate surface area is 178 Å². The smallest absolute Gasteiger partial charge is 0.0972 e. The molecule has 0 aliphatic carbocycles. The zero-order chi connectivity index (χ0) is 16.8. The second-order valence-electron chi connectivity index (χ2n) is 6.65. The van der Waals surface area contributed by atoms with Crippen LogP contribution in [0.15, 0.2) is 29.6 Å². The molecule has 0 atom stereocenters. The lowest BCUT2D eigenvalue weighted by molar-refractivity contribution is 0.171. The Morgan fingerprint density at radius 3 is 2.54 bits per heavy atom. The molecule has 26 heavy (non-hydrogen) atoms. The van der Waals surface area contributed by atoms with E-state index in [1.807, 2.05) is 19.2 Å². The highest BCUT2D eigenvalue weighted by Crippen LogP contribution is 2.22. The van der Waals surface area contributed by atoms with Gasteiger partial charge in [0.15, 0.2) is 0 Å². The Morgan fingerprint density at radius 1 is 1.19 bits per heavy atom. The summed E-state index contributed by atoms with van der Waals surface area (Å²) >= 11 is 7.71. The first kappa shape index (κ1) is 23.7. The zero-order valence-corrected chi connectivity index (χ0v) is 18.3. The number of piperidine rings is 1. The summed E-state index contributed by atoms with van der Waals surface area (Å²) in [7, 11) is 2.04. The minimum atomic E-state index is 0. The lowest BCUT2D eigenvalue weighted by atomic mass is 9.93. The molecule has 0 amide bonds. The third-order valence-corrected chi connectivity index (χ3v) is 5.91. The lowest BCUT2D eigenvalue weighted by Gasteiger charge is -2.31. The zero-order valence-electron chi connectivity index (χ0n) is 15.1. The van der Waals surface area contributed by atoms with Crippen molar-refractivity contribution in [3.8, 4) is 0 Å². The van der Waals surface area contributed by atoms with Gasteiger partial charge in [-0.15, -0.1) is 36.2 Å². The highest BCUT2D eigenvalue weighted by Gasteiger charge is 2.19. The summed E-state index contributed by atoms with van der Waals surface area (Å²) in [5.74, 6) is 0.893. The number of hydrogen-bond donors (Lipinski definition) is 1. The summed E-state index contributed by atoms with van der Waals surface area (Å²) < 4.78 is 0. The van der Waals surface area contributed by atoms with Gasteiger partial charge in [-0.1, -0.05) is 23.7 Å². The van der Waals surface area contributed by atoms with E-state index in [2.05, 4.69) is 27.7 Å². The van der Waals surface area contributed by atoms with Crippen LogP contribution < -0.4 is 5.32 Å². The Morgan fingerprint density at radius 2 is 1.88 bits per heavy atom. The standard InChI is InChI=1S/C19H26ClN3S.2ClH/c1-21-9-6-15-7-10-23(11-8-15)13-18-14-24-19(22-18)12-16-2-4-17(20)5-3-16;;/h2-5,14-15,21H,6-13H2,1H3;2*1H. The highest BCUT2D eigenvalue weighted by molar-refractivity contribution is 7.09. The number of thiazole rings is 1. The number of aromatic nitrogens is 1. The molecular weight excluding hydrogens is 409 g/mol. The monoisotopic (exact) mass is 435 g/mol. The predicted molar refractivity (Wildman–Crippen MR) is 117 cm³/mol. The molecule has 1 aliphatic heterocycles. The quantitative estimate of drug-likeness (QED) is 0.658. The molecule has 0 saturated carbocycles. The van der Waals surface area contributed by atoms with Gasteiger partial charge >= 0.3 is 0 Å². The molecule has 1 saturated heterocycles. The van der Waals surface area contributed by atoms with Crippen molar-refractivity contribution in [3.63, 3.8) is 0 Å². The first-order valence-corrected chi connectivity index (χ1v) is 10.0. The fraction of sp³-hybridized carbons (Fsp3) is 0.526. The van der Waals surface area contributed by atoms with Crippen LogP contribution >= 0.6 is 47.8 Å². The summed E-state index contributed by atoms with van der Waals surface area (Å²) in [6, 6.07) is 8.06. The van der Waals surface area contributed by atoms with E-state index in [4.69, 9.17) is 16.6 Å². The van der Waals surface area contributed by atoms with E-state index < -0.39 is 0 Å². The first-order chi connectivity index (χ1) is 11.7. The first-order valence-electron chi connectivity index (χ1n) is 8.77. The van der Waals surface area contributed by atoms with E-state index in [1.165, 1.54) is 48.6 Å². The maximum Gasteiger partial charge on any atom is 0.0972 e. The van der Waals surface area contributed by atoms with Crippen LogP contribution in [0.2, 0.25) is 5.02 Å². The van der Waals surface area contributed by atoms with E-state index in [0.717, 1.165) is 30.5 Å². The van der Waals surface area contributed by atoms with Gasteiger partial charge < -0.3 is 5.32 Å². The van der Waals surface area contributed by atoms with Gasteiger partial charge in [-0.3, -0.25) is 4.90 Å². The molecule has 0 unspecified atom stereocenters. The topological polar surface area (TPSA) is 28.2 Å². The van der Waals surface area contributed by atoms with E-state index in [9.17, 15) is 0 Å². The Balaban J connectivity index is 0.00000169. The molecule has 3 nitrogen and oxygen atoms in total. The molecule has 2 aromatic rings. The number of nitrogens with zero attached hydrogens (tertiary/aromatic N) is 2. The van der Waals surface area contributed by atoms with Gasteiger partial charge in [0.2, 0.25) is 0 Å². The second kappa shape index (κ2) is 12.2. The van der Waals surface area contributed by atoms with E-state index in [1.54, 1.807) is 11.3 Å². The molecule has 146 valence electrons. The summed E-state index contributed by atoms with van der Waals surface area (Å²) in [4.78, 5) is 7.38. The third-order valence-electron chi connectivity index (χ3n) is 4.76. The van der Waals surface area contributed by atoms with Crippen molar-refractivity contribution >= 4 is 47.8 Å². The van der Waals surface area contributed by atoms with Crippen molar-refractivity contribution in [1.29, 1.82) is 0 Å². The fourth-order valence-electron chi connectivity index (χ4n) is 3.29. The van der Waals surface area contributed by atoms with Crippen LogP contribution in [0.25, 0.3) is 0 Å². The molecule has 7 heteroatoms. The predicted octanol–water partition coefficient (Wildman–Crippen LogP) is 5.05. The Kier molecular flexibility index (Phi) is 11.1. The average molecular weight is 437 g/mol.